The molecule has 2 aromatic rings. The van der Waals surface area contributed by atoms with E-state index < -0.39 is 0 Å². The molecule has 1 atom stereocenters. The van der Waals surface area contributed by atoms with Crippen LogP contribution in [0.2, 0.25) is 0 Å². The summed E-state index contributed by atoms with van der Waals surface area (Å²) < 4.78 is 0. The maximum atomic E-state index is 13.5. The SMILES string of the molecule is O=C(c1cc2c([nH]c1=O)CCCC2)N(Cc1ccccc1)C(CO)C1CCC1. The smallest absolute Gasteiger partial charge is 0.261 e. The lowest BCUT2D eigenvalue weighted by Gasteiger charge is -2.40. The third-order valence-electron chi connectivity index (χ3n) is 6.31. The molecule has 4 rings (SSSR count). The van der Waals surface area contributed by atoms with E-state index >= 15 is 0 Å². The van der Waals surface area contributed by atoms with Gasteiger partial charge < -0.3 is 15.0 Å². The molecule has 148 valence electrons. The van der Waals surface area contributed by atoms with Gasteiger partial charge in [0, 0.05) is 12.2 Å². The number of aliphatic hydroxyl groups is 1. The third-order valence-corrected chi connectivity index (χ3v) is 6.31. The highest BCUT2D eigenvalue weighted by molar-refractivity contribution is 5.94. The topological polar surface area (TPSA) is 73.4 Å². The summed E-state index contributed by atoms with van der Waals surface area (Å²) in [5.74, 6) is 0.0267. The predicted molar refractivity (Wildman–Crippen MR) is 108 cm³/mol. The highest BCUT2D eigenvalue weighted by atomic mass is 16.3. The van der Waals surface area contributed by atoms with Crippen LogP contribution in [0.15, 0.2) is 41.2 Å². The molecule has 0 aliphatic heterocycles. The van der Waals surface area contributed by atoms with Crippen molar-refractivity contribution in [3.63, 3.8) is 0 Å². The van der Waals surface area contributed by atoms with Crippen molar-refractivity contribution >= 4 is 5.91 Å². The number of rotatable bonds is 6. The lowest BCUT2D eigenvalue weighted by Crippen LogP contribution is -2.49. The number of carbonyl (C=O) groups excluding carboxylic acids is 1. The molecule has 2 aliphatic rings. The van der Waals surface area contributed by atoms with Crippen molar-refractivity contribution in [2.24, 2.45) is 5.92 Å². The molecule has 5 heteroatoms. The summed E-state index contributed by atoms with van der Waals surface area (Å²) in [6, 6.07) is 11.3. The van der Waals surface area contributed by atoms with E-state index in [-0.39, 0.29) is 29.7 Å². The van der Waals surface area contributed by atoms with Gasteiger partial charge in [-0.2, -0.15) is 0 Å². The molecule has 1 fully saturated rings. The molecule has 28 heavy (non-hydrogen) atoms. The molecular formula is C23H28N2O3. The van der Waals surface area contributed by atoms with Gasteiger partial charge in [-0.05, 0) is 61.6 Å². The number of amides is 1. The van der Waals surface area contributed by atoms with Gasteiger partial charge in [0.15, 0.2) is 0 Å². The number of pyridine rings is 1. The Morgan fingerprint density at radius 1 is 1.14 bits per heavy atom. The first-order valence-corrected chi connectivity index (χ1v) is 10.4. The maximum Gasteiger partial charge on any atom is 0.261 e. The molecule has 1 aromatic carbocycles. The number of nitrogens with one attached hydrogen (secondary N) is 1. The summed E-state index contributed by atoms with van der Waals surface area (Å²) in [5, 5.41) is 10.1. The standard InChI is InChI=1S/C23H28N2O3/c26-15-21(17-10-6-11-17)25(14-16-7-2-1-3-8-16)23(28)19-13-18-9-4-5-12-20(18)24-22(19)27/h1-3,7-8,13,17,21,26H,4-6,9-12,14-15H2,(H,24,27). The minimum Gasteiger partial charge on any atom is -0.394 e. The number of aryl methyl sites for hydroxylation is 2. The number of fused-ring (bicyclic) bond motifs is 1. The van der Waals surface area contributed by atoms with E-state index in [1.54, 1.807) is 11.0 Å². The lowest BCUT2D eigenvalue weighted by molar-refractivity contribution is 0.0311. The van der Waals surface area contributed by atoms with Crippen LogP contribution in [-0.2, 0) is 19.4 Å². The highest BCUT2D eigenvalue weighted by Gasteiger charge is 2.35. The third kappa shape index (κ3) is 3.76. The average molecular weight is 380 g/mol. The number of H-pyrrole nitrogens is 1. The van der Waals surface area contributed by atoms with Crippen LogP contribution in [0.1, 0.15) is 59.3 Å². The molecular weight excluding hydrogens is 352 g/mol. The Bertz CT molecular complexity index is 886. The maximum absolute atomic E-state index is 13.5. The Kier molecular flexibility index (Phi) is 5.62. The van der Waals surface area contributed by atoms with Gasteiger partial charge >= 0.3 is 0 Å². The van der Waals surface area contributed by atoms with Gasteiger partial charge in [-0.1, -0.05) is 36.8 Å². The fourth-order valence-corrected chi connectivity index (χ4v) is 4.43. The zero-order chi connectivity index (χ0) is 19.5. The molecule has 1 heterocycles. The first kappa shape index (κ1) is 18.9. The van der Waals surface area contributed by atoms with Crippen molar-refractivity contribution in [3.8, 4) is 0 Å². The zero-order valence-electron chi connectivity index (χ0n) is 16.2. The van der Waals surface area contributed by atoms with Gasteiger partial charge in [0.2, 0.25) is 0 Å². The first-order valence-electron chi connectivity index (χ1n) is 10.4. The van der Waals surface area contributed by atoms with Gasteiger partial charge in [-0.3, -0.25) is 9.59 Å². The summed E-state index contributed by atoms with van der Waals surface area (Å²) in [7, 11) is 0. The fraction of sp³-hybridized carbons (Fsp3) is 0.478. The van der Waals surface area contributed by atoms with Crippen LogP contribution < -0.4 is 5.56 Å². The van der Waals surface area contributed by atoms with E-state index in [0.29, 0.717) is 12.5 Å². The zero-order valence-corrected chi connectivity index (χ0v) is 16.2. The van der Waals surface area contributed by atoms with E-state index in [2.05, 4.69) is 4.98 Å². The largest absolute Gasteiger partial charge is 0.394 e. The minimum atomic E-state index is -0.311. The number of benzene rings is 1. The predicted octanol–water partition coefficient (Wildman–Crippen LogP) is 3.06. The van der Waals surface area contributed by atoms with E-state index in [9.17, 15) is 14.7 Å². The molecule has 2 N–H and O–H groups in total. The molecule has 5 nitrogen and oxygen atoms in total. The second-order valence-electron chi connectivity index (χ2n) is 8.08. The second-order valence-corrected chi connectivity index (χ2v) is 8.08. The summed E-state index contributed by atoms with van der Waals surface area (Å²) in [6.45, 7) is 0.323. The second kappa shape index (κ2) is 8.31. The van der Waals surface area contributed by atoms with E-state index in [4.69, 9.17) is 0 Å². The molecule has 0 spiro atoms. The normalized spacial score (nSPS) is 17.5. The van der Waals surface area contributed by atoms with Crippen molar-refractivity contribution in [2.45, 2.75) is 57.5 Å². The van der Waals surface area contributed by atoms with Crippen LogP contribution in [0.3, 0.4) is 0 Å². The monoisotopic (exact) mass is 380 g/mol. The van der Waals surface area contributed by atoms with E-state index in [1.165, 1.54) is 0 Å². The Labute approximate surface area is 165 Å². The number of carbonyl (C=O) groups is 1. The number of hydrogen-bond acceptors (Lipinski definition) is 3. The molecule has 1 saturated carbocycles. The van der Waals surface area contributed by atoms with Crippen LogP contribution in [0.5, 0.6) is 0 Å². The van der Waals surface area contributed by atoms with E-state index in [1.807, 2.05) is 30.3 Å². The molecule has 1 amide bonds. The highest BCUT2D eigenvalue weighted by Crippen LogP contribution is 2.33. The summed E-state index contributed by atoms with van der Waals surface area (Å²) in [5.41, 5.74) is 2.95. The summed E-state index contributed by atoms with van der Waals surface area (Å²) >= 11 is 0. The Hall–Kier alpha value is -2.40. The van der Waals surface area contributed by atoms with Gasteiger partial charge in [0.05, 0.1) is 12.6 Å². The number of nitrogens with zero attached hydrogens (tertiary/aromatic N) is 1. The first-order chi connectivity index (χ1) is 13.7. The molecule has 0 bridgehead atoms. The minimum absolute atomic E-state index is 0.0773. The van der Waals surface area contributed by atoms with Crippen LogP contribution in [0.25, 0.3) is 0 Å². The van der Waals surface area contributed by atoms with Crippen LogP contribution in [-0.4, -0.2) is 33.5 Å². The molecule has 2 aliphatic carbocycles. The number of aliphatic hydroxyl groups excluding tert-OH is 1. The number of aromatic amines is 1. The summed E-state index contributed by atoms with van der Waals surface area (Å²) in [4.78, 5) is 30.8. The van der Waals surface area contributed by atoms with Crippen LogP contribution in [0, 0.1) is 5.92 Å². The van der Waals surface area contributed by atoms with Crippen molar-refractivity contribution in [2.75, 3.05) is 6.61 Å². The van der Waals surface area contributed by atoms with Crippen molar-refractivity contribution < 1.29 is 9.90 Å². The average Bonchev–Trinajstić information content (AvgIpc) is 2.68. The van der Waals surface area contributed by atoms with Crippen molar-refractivity contribution in [3.05, 3.63) is 69.1 Å². The molecule has 0 saturated heterocycles. The Morgan fingerprint density at radius 3 is 2.57 bits per heavy atom. The Morgan fingerprint density at radius 2 is 1.89 bits per heavy atom. The number of hydrogen-bond donors (Lipinski definition) is 2. The molecule has 1 unspecified atom stereocenters. The van der Waals surface area contributed by atoms with Gasteiger partial charge in [-0.25, -0.2) is 0 Å². The van der Waals surface area contributed by atoms with Gasteiger partial charge in [-0.15, -0.1) is 0 Å². The quantitative estimate of drug-likeness (QED) is 0.809. The lowest BCUT2D eigenvalue weighted by atomic mass is 9.79. The fourth-order valence-electron chi connectivity index (χ4n) is 4.43. The molecule has 0 radical (unpaired) electrons. The Balaban J connectivity index is 1.69. The van der Waals surface area contributed by atoms with Gasteiger partial charge in [0.25, 0.3) is 11.5 Å². The molecule has 1 aromatic heterocycles. The van der Waals surface area contributed by atoms with Crippen LogP contribution >= 0.6 is 0 Å². The number of aromatic nitrogens is 1. The van der Waals surface area contributed by atoms with Crippen LogP contribution in [0.4, 0.5) is 0 Å². The van der Waals surface area contributed by atoms with Crippen molar-refractivity contribution in [1.82, 2.24) is 9.88 Å². The summed E-state index contributed by atoms with van der Waals surface area (Å²) in [6.07, 6.45) is 7.10. The van der Waals surface area contributed by atoms with Crippen molar-refractivity contribution in [1.29, 1.82) is 0 Å². The van der Waals surface area contributed by atoms with E-state index in [0.717, 1.165) is 61.8 Å². The van der Waals surface area contributed by atoms with Gasteiger partial charge in [0.1, 0.15) is 5.56 Å².